The van der Waals surface area contributed by atoms with Crippen LogP contribution in [-0.4, -0.2) is 46.2 Å². The second kappa shape index (κ2) is 3.43. The Labute approximate surface area is 93.6 Å². The molecule has 16 heavy (non-hydrogen) atoms. The van der Waals surface area contributed by atoms with E-state index in [-0.39, 0.29) is 6.23 Å². The summed E-state index contributed by atoms with van der Waals surface area (Å²) in [6.07, 6.45) is 7.11. The molecule has 3 aliphatic rings. The van der Waals surface area contributed by atoms with Crippen LogP contribution in [-0.2, 0) is 9.53 Å². The van der Waals surface area contributed by atoms with Crippen molar-refractivity contribution >= 4 is 5.97 Å². The number of nitrogens with zero attached hydrogens (tertiary/aromatic N) is 2. The number of aliphatic carboxylic acids is 1. The first kappa shape index (κ1) is 9.57. The monoisotopic (exact) mass is 222 g/mol. The number of carboxylic acid groups (broad SMARTS) is 1. The number of hydrogen-bond acceptors (Lipinski definition) is 4. The second-order valence-corrected chi connectivity index (χ2v) is 4.42. The highest BCUT2D eigenvalue weighted by atomic mass is 16.5. The predicted molar refractivity (Wildman–Crippen MR) is 56.2 cm³/mol. The van der Waals surface area contributed by atoms with Gasteiger partial charge < -0.3 is 19.6 Å². The van der Waals surface area contributed by atoms with Gasteiger partial charge in [-0.05, 0) is 12.8 Å². The van der Waals surface area contributed by atoms with Crippen molar-refractivity contribution in [1.29, 1.82) is 0 Å². The summed E-state index contributed by atoms with van der Waals surface area (Å²) in [5.74, 6) is -0.800. The molecule has 5 nitrogen and oxygen atoms in total. The number of ether oxygens (including phenoxy) is 1. The molecule has 2 unspecified atom stereocenters. The van der Waals surface area contributed by atoms with E-state index in [0.29, 0.717) is 18.0 Å². The highest BCUT2D eigenvalue weighted by molar-refractivity contribution is 5.86. The molecule has 86 valence electrons. The van der Waals surface area contributed by atoms with Gasteiger partial charge in [-0.1, -0.05) is 0 Å². The molecule has 3 aliphatic heterocycles. The lowest BCUT2D eigenvalue weighted by Crippen LogP contribution is -2.54. The minimum Gasteiger partial charge on any atom is -0.478 e. The molecule has 0 saturated carbocycles. The second-order valence-electron chi connectivity index (χ2n) is 4.42. The van der Waals surface area contributed by atoms with E-state index in [1.54, 1.807) is 12.5 Å². The molecule has 1 fully saturated rings. The van der Waals surface area contributed by atoms with Gasteiger partial charge >= 0.3 is 5.97 Å². The highest BCUT2D eigenvalue weighted by Gasteiger charge is 2.36. The standard InChI is InChI=1S/C11H14N2O3/c14-11(15)8-1-2-9-6-12-3-4-16-10(12)7-13(9)5-8/h3-5,9-10H,1-2,6-7H2,(H,14,15). The van der Waals surface area contributed by atoms with Crippen molar-refractivity contribution in [3.8, 4) is 0 Å². The third-order valence-electron chi connectivity index (χ3n) is 3.46. The highest BCUT2D eigenvalue weighted by Crippen LogP contribution is 2.28. The summed E-state index contributed by atoms with van der Waals surface area (Å²) in [5, 5.41) is 8.97. The summed E-state index contributed by atoms with van der Waals surface area (Å²) in [7, 11) is 0. The van der Waals surface area contributed by atoms with Crippen LogP contribution in [0.15, 0.2) is 24.2 Å². The van der Waals surface area contributed by atoms with Crippen LogP contribution in [0.3, 0.4) is 0 Å². The van der Waals surface area contributed by atoms with Crippen molar-refractivity contribution in [1.82, 2.24) is 9.80 Å². The summed E-state index contributed by atoms with van der Waals surface area (Å²) in [6.45, 7) is 1.67. The molecule has 1 N–H and O–H groups in total. The zero-order valence-electron chi connectivity index (χ0n) is 8.87. The molecule has 0 bridgehead atoms. The van der Waals surface area contributed by atoms with Crippen LogP contribution < -0.4 is 0 Å². The van der Waals surface area contributed by atoms with Gasteiger partial charge in [-0.25, -0.2) is 4.79 Å². The quantitative estimate of drug-likeness (QED) is 0.702. The predicted octanol–water partition coefficient (Wildman–Crippen LogP) is 0.562. The summed E-state index contributed by atoms with van der Waals surface area (Å²) < 4.78 is 5.43. The first-order valence-corrected chi connectivity index (χ1v) is 5.51. The lowest BCUT2D eigenvalue weighted by atomic mass is 9.98. The van der Waals surface area contributed by atoms with Crippen LogP contribution in [0.25, 0.3) is 0 Å². The van der Waals surface area contributed by atoms with Gasteiger partial charge in [-0.3, -0.25) is 0 Å². The molecule has 0 aromatic heterocycles. The van der Waals surface area contributed by atoms with Crippen LogP contribution in [0.4, 0.5) is 0 Å². The van der Waals surface area contributed by atoms with Gasteiger partial charge in [0.2, 0.25) is 0 Å². The molecule has 0 aromatic carbocycles. The zero-order valence-corrected chi connectivity index (χ0v) is 8.87. The molecule has 2 atom stereocenters. The normalized spacial score (nSPS) is 31.6. The summed E-state index contributed by atoms with van der Waals surface area (Å²) in [5.41, 5.74) is 0.510. The first-order valence-electron chi connectivity index (χ1n) is 5.51. The fourth-order valence-electron chi connectivity index (χ4n) is 2.55. The smallest absolute Gasteiger partial charge is 0.333 e. The Hall–Kier alpha value is -1.65. The molecule has 0 amide bonds. The Morgan fingerprint density at radius 2 is 2.31 bits per heavy atom. The van der Waals surface area contributed by atoms with E-state index < -0.39 is 5.97 Å². The van der Waals surface area contributed by atoms with E-state index in [4.69, 9.17) is 9.84 Å². The first-order chi connectivity index (χ1) is 7.74. The van der Waals surface area contributed by atoms with Gasteiger partial charge in [0, 0.05) is 25.0 Å². The Morgan fingerprint density at radius 3 is 3.12 bits per heavy atom. The van der Waals surface area contributed by atoms with Crippen molar-refractivity contribution in [2.75, 3.05) is 13.1 Å². The lowest BCUT2D eigenvalue weighted by Gasteiger charge is -2.44. The van der Waals surface area contributed by atoms with Crippen LogP contribution in [0, 0.1) is 0 Å². The molecule has 0 aliphatic carbocycles. The third-order valence-corrected chi connectivity index (χ3v) is 3.46. The van der Waals surface area contributed by atoms with Crippen LogP contribution in [0.2, 0.25) is 0 Å². The SMILES string of the molecule is O=C(O)C1=CN2CC3OC=CN3CC2CC1. The van der Waals surface area contributed by atoms with E-state index in [0.717, 1.165) is 19.5 Å². The minimum absolute atomic E-state index is 0.0562. The molecule has 3 rings (SSSR count). The van der Waals surface area contributed by atoms with Crippen LogP contribution in [0.1, 0.15) is 12.8 Å². The minimum atomic E-state index is -0.800. The average Bonchev–Trinajstić information content (AvgIpc) is 2.71. The van der Waals surface area contributed by atoms with Gasteiger partial charge in [0.1, 0.15) is 6.26 Å². The van der Waals surface area contributed by atoms with Crippen molar-refractivity contribution < 1.29 is 14.6 Å². The number of piperazine rings is 1. The topological polar surface area (TPSA) is 53.0 Å². The van der Waals surface area contributed by atoms with E-state index in [9.17, 15) is 4.79 Å². The maximum absolute atomic E-state index is 10.9. The Balaban J connectivity index is 1.79. The van der Waals surface area contributed by atoms with Crippen molar-refractivity contribution in [3.63, 3.8) is 0 Å². The van der Waals surface area contributed by atoms with Crippen molar-refractivity contribution in [2.24, 2.45) is 0 Å². The Bertz CT molecular complexity index is 377. The van der Waals surface area contributed by atoms with Crippen molar-refractivity contribution in [2.45, 2.75) is 25.1 Å². The van der Waals surface area contributed by atoms with Gasteiger partial charge in [-0.15, -0.1) is 0 Å². The van der Waals surface area contributed by atoms with E-state index >= 15 is 0 Å². The molecule has 0 aromatic rings. The zero-order chi connectivity index (χ0) is 11.1. The fourth-order valence-corrected chi connectivity index (χ4v) is 2.55. The Morgan fingerprint density at radius 1 is 1.44 bits per heavy atom. The number of hydrogen-bond donors (Lipinski definition) is 1. The molecular formula is C11H14N2O3. The van der Waals surface area contributed by atoms with E-state index in [1.165, 1.54) is 0 Å². The molecule has 1 saturated heterocycles. The van der Waals surface area contributed by atoms with Gasteiger partial charge in [-0.2, -0.15) is 0 Å². The maximum atomic E-state index is 10.9. The molecule has 5 heteroatoms. The third kappa shape index (κ3) is 1.43. The fraction of sp³-hybridized carbons (Fsp3) is 0.545. The van der Waals surface area contributed by atoms with Gasteiger partial charge in [0.15, 0.2) is 6.23 Å². The number of carboxylic acids is 1. The van der Waals surface area contributed by atoms with Crippen molar-refractivity contribution in [3.05, 3.63) is 24.2 Å². The van der Waals surface area contributed by atoms with E-state index in [1.807, 2.05) is 6.20 Å². The summed E-state index contributed by atoms with van der Waals surface area (Å²) in [4.78, 5) is 15.2. The lowest BCUT2D eigenvalue weighted by molar-refractivity contribution is -0.133. The molecule has 3 heterocycles. The number of carbonyl (C=O) groups is 1. The van der Waals surface area contributed by atoms with Crippen LogP contribution >= 0.6 is 0 Å². The van der Waals surface area contributed by atoms with E-state index in [2.05, 4.69) is 9.80 Å². The average molecular weight is 222 g/mol. The van der Waals surface area contributed by atoms with Gasteiger partial charge in [0.05, 0.1) is 12.1 Å². The molecule has 0 radical (unpaired) electrons. The summed E-state index contributed by atoms with van der Waals surface area (Å²) >= 11 is 0. The largest absolute Gasteiger partial charge is 0.478 e. The summed E-state index contributed by atoms with van der Waals surface area (Å²) in [6, 6.07) is 0.422. The van der Waals surface area contributed by atoms with Gasteiger partial charge in [0.25, 0.3) is 0 Å². The molecule has 0 spiro atoms. The number of rotatable bonds is 1. The van der Waals surface area contributed by atoms with Crippen LogP contribution in [0.5, 0.6) is 0 Å². The Kier molecular flexibility index (Phi) is 2.05. The number of fused-ring (bicyclic) bond motifs is 2. The molecular weight excluding hydrogens is 208 g/mol. The maximum Gasteiger partial charge on any atom is 0.333 e.